The van der Waals surface area contributed by atoms with Crippen LogP contribution in [0.2, 0.25) is 5.02 Å². The highest BCUT2D eigenvalue weighted by atomic mass is 35.5. The van der Waals surface area contributed by atoms with Gasteiger partial charge in [-0.05, 0) is 50.1 Å². The minimum absolute atomic E-state index is 0.206. The Labute approximate surface area is 236 Å². The van der Waals surface area contributed by atoms with Gasteiger partial charge in [-0.1, -0.05) is 65.3 Å². The number of halogens is 1. The Bertz CT molecular complexity index is 1520. The van der Waals surface area contributed by atoms with Crippen molar-refractivity contribution in [3.05, 3.63) is 100 Å². The van der Waals surface area contributed by atoms with Crippen molar-refractivity contribution >= 4 is 40.9 Å². The number of anilines is 2. The standard InChI is InChI=1S/C30H28ClN3O6/c1-18-27(33-30(37)39-19(2)23-9-5-6-10-24(23)31)28(40-34-18)21-12-14-22(15-13-21)29(36)32-25-11-7-4-8-20(25)16-17-26(35)38-3/h4-15,19H,16-17H2,1-3H3,(H,32,36)(H,33,37). The normalized spacial score (nSPS) is 11.4. The van der Waals surface area contributed by atoms with Crippen LogP contribution < -0.4 is 10.6 Å². The lowest BCUT2D eigenvalue weighted by Crippen LogP contribution is -2.17. The van der Waals surface area contributed by atoms with Crippen LogP contribution in [0, 0.1) is 6.92 Å². The number of ether oxygens (including phenoxy) is 2. The second-order valence-corrected chi connectivity index (χ2v) is 9.34. The van der Waals surface area contributed by atoms with Crippen LogP contribution in [0.25, 0.3) is 11.3 Å². The van der Waals surface area contributed by atoms with Crippen LogP contribution in [0.15, 0.2) is 77.3 Å². The monoisotopic (exact) mass is 561 g/mol. The van der Waals surface area contributed by atoms with Gasteiger partial charge in [-0.3, -0.25) is 14.9 Å². The van der Waals surface area contributed by atoms with E-state index in [1.165, 1.54) is 7.11 Å². The molecule has 1 atom stereocenters. The summed E-state index contributed by atoms with van der Waals surface area (Å²) in [4.78, 5) is 37.1. The molecule has 2 N–H and O–H groups in total. The molecule has 1 aromatic heterocycles. The number of methoxy groups -OCH3 is 1. The molecule has 0 aliphatic carbocycles. The number of esters is 1. The van der Waals surface area contributed by atoms with Crippen molar-refractivity contribution in [2.75, 3.05) is 17.7 Å². The zero-order valence-electron chi connectivity index (χ0n) is 22.2. The molecule has 10 heteroatoms. The SMILES string of the molecule is COC(=O)CCc1ccccc1NC(=O)c1ccc(-c2onc(C)c2NC(=O)OC(C)c2ccccc2Cl)cc1. The minimum atomic E-state index is -0.693. The number of carbonyl (C=O) groups excluding carboxylic acids is 3. The van der Waals surface area contributed by atoms with E-state index in [9.17, 15) is 14.4 Å². The zero-order valence-corrected chi connectivity index (χ0v) is 23.0. The summed E-state index contributed by atoms with van der Waals surface area (Å²) in [6, 6.07) is 21.1. The maximum absolute atomic E-state index is 12.9. The van der Waals surface area contributed by atoms with Crippen LogP contribution in [0.1, 0.15) is 46.6 Å². The number of hydrogen-bond acceptors (Lipinski definition) is 7. The Balaban J connectivity index is 1.44. The van der Waals surface area contributed by atoms with E-state index in [0.717, 1.165) is 5.56 Å². The van der Waals surface area contributed by atoms with Gasteiger partial charge in [0.05, 0.1) is 7.11 Å². The van der Waals surface area contributed by atoms with Crippen molar-refractivity contribution in [3.8, 4) is 11.3 Å². The molecule has 0 spiro atoms. The summed E-state index contributed by atoms with van der Waals surface area (Å²) in [5.74, 6) is -0.321. The van der Waals surface area contributed by atoms with Gasteiger partial charge in [-0.15, -0.1) is 0 Å². The van der Waals surface area contributed by atoms with Gasteiger partial charge in [0.1, 0.15) is 17.5 Å². The molecule has 1 heterocycles. The molecular weight excluding hydrogens is 534 g/mol. The van der Waals surface area contributed by atoms with Gasteiger partial charge < -0.3 is 19.3 Å². The molecule has 4 aromatic rings. The molecule has 206 valence electrons. The number of aryl methyl sites for hydroxylation is 2. The Morgan fingerprint density at radius 2 is 1.68 bits per heavy atom. The highest BCUT2D eigenvalue weighted by Crippen LogP contribution is 2.32. The highest BCUT2D eigenvalue weighted by molar-refractivity contribution is 6.31. The Hall–Kier alpha value is -4.63. The third-order valence-corrected chi connectivity index (χ3v) is 6.56. The lowest BCUT2D eigenvalue weighted by atomic mass is 10.1. The molecule has 2 amide bonds. The first kappa shape index (κ1) is 28.4. The van der Waals surface area contributed by atoms with E-state index in [0.29, 0.717) is 51.0 Å². The molecule has 0 bridgehead atoms. The topological polar surface area (TPSA) is 120 Å². The fourth-order valence-electron chi connectivity index (χ4n) is 4.04. The minimum Gasteiger partial charge on any atom is -0.469 e. The van der Waals surface area contributed by atoms with Gasteiger partial charge in [0.25, 0.3) is 5.91 Å². The second-order valence-electron chi connectivity index (χ2n) is 8.93. The van der Waals surface area contributed by atoms with Crippen LogP contribution in [-0.4, -0.2) is 30.2 Å². The largest absolute Gasteiger partial charge is 0.469 e. The number of hydrogen-bond donors (Lipinski definition) is 2. The zero-order chi connectivity index (χ0) is 28.6. The first-order valence-corrected chi connectivity index (χ1v) is 12.9. The quantitative estimate of drug-likeness (QED) is 0.212. The van der Waals surface area contributed by atoms with E-state index in [1.54, 1.807) is 68.4 Å². The summed E-state index contributed by atoms with van der Waals surface area (Å²) >= 11 is 6.21. The van der Waals surface area contributed by atoms with Crippen molar-refractivity contribution in [3.63, 3.8) is 0 Å². The van der Waals surface area contributed by atoms with Crippen molar-refractivity contribution < 1.29 is 28.4 Å². The number of aromatic nitrogens is 1. The Kier molecular flexibility index (Phi) is 9.19. The Morgan fingerprint density at radius 1 is 0.975 bits per heavy atom. The van der Waals surface area contributed by atoms with E-state index in [1.807, 2.05) is 18.2 Å². The van der Waals surface area contributed by atoms with Gasteiger partial charge in [0.15, 0.2) is 5.76 Å². The first-order valence-electron chi connectivity index (χ1n) is 12.5. The van der Waals surface area contributed by atoms with Gasteiger partial charge >= 0.3 is 12.1 Å². The second kappa shape index (κ2) is 12.9. The third-order valence-electron chi connectivity index (χ3n) is 6.22. The van der Waals surface area contributed by atoms with E-state index >= 15 is 0 Å². The van der Waals surface area contributed by atoms with Gasteiger partial charge in [0, 0.05) is 33.8 Å². The number of benzene rings is 3. The number of para-hydroxylation sites is 1. The van der Waals surface area contributed by atoms with Crippen LogP contribution in [-0.2, 0) is 20.7 Å². The third kappa shape index (κ3) is 6.86. The predicted octanol–water partition coefficient (Wildman–Crippen LogP) is 6.97. The number of carbonyl (C=O) groups is 3. The van der Waals surface area contributed by atoms with Crippen molar-refractivity contribution in [2.24, 2.45) is 0 Å². The molecule has 0 saturated heterocycles. The van der Waals surface area contributed by atoms with Crippen LogP contribution in [0.5, 0.6) is 0 Å². The number of amides is 2. The molecule has 9 nitrogen and oxygen atoms in total. The molecule has 0 aliphatic heterocycles. The molecule has 0 fully saturated rings. The van der Waals surface area contributed by atoms with Crippen molar-refractivity contribution in [1.29, 1.82) is 0 Å². The van der Waals surface area contributed by atoms with E-state index < -0.39 is 12.2 Å². The van der Waals surface area contributed by atoms with Gasteiger partial charge in [-0.25, -0.2) is 4.79 Å². The average molecular weight is 562 g/mol. The molecular formula is C30H28ClN3O6. The molecule has 0 aliphatic rings. The number of nitrogens with one attached hydrogen (secondary N) is 2. The highest BCUT2D eigenvalue weighted by Gasteiger charge is 2.21. The first-order chi connectivity index (χ1) is 19.3. The summed E-state index contributed by atoms with van der Waals surface area (Å²) in [5.41, 5.74) is 3.94. The van der Waals surface area contributed by atoms with Crippen LogP contribution in [0.4, 0.5) is 16.2 Å². The van der Waals surface area contributed by atoms with E-state index in [4.69, 9.17) is 25.6 Å². The maximum atomic E-state index is 12.9. The molecule has 4 rings (SSSR count). The summed E-state index contributed by atoms with van der Waals surface area (Å²) in [5, 5.41) is 10.1. The van der Waals surface area contributed by atoms with Gasteiger partial charge in [0.2, 0.25) is 0 Å². The molecule has 0 saturated carbocycles. The van der Waals surface area contributed by atoms with Crippen molar-refractivity contribution in [2.45, 2.75) is 32.8 Å². The smallest absolute Gasteiger partial charge is 0.412 e. The van der Waals surface area contributed by atoms with Crippen molar-refractivity contribution in [1.82, 2.24) is 5.16 Å². The van der Waals surface area contributed by atoms with E-state index in [2.05, 4.69) is 15.8 Å². The molecule has 1 unspecified atom stereocenters. The lowest BCUT2D eigenvalue weighted by molar-refractivity contribution is -0.140. The molecule has 3 aromatic carbocycles. The fourth-order valence-corrected chi connectivity index (χ4v) is 4.33. The Morgan fingerprint density at radius 3 is 2.40 bits per heavy atom. The van der Waals surface area contributed by atoms with Crippen LogP contribution in [0.3, 0.4) is 0 Å². The lowest BCUT2D eigenvalue weighted by Gasteiger charge is -2.15. The van der Waals surface area contributed by atoms with Gasteiger partial charge in [-0.2, -0.15) is 0 Å². The fraction of sp³-hybridized carbons (Fsp3) is 0.200. The molecule has 40 heavy (non-hydrogen) atoms. The van der Waals surface area contributed by atoms with E-state index in [-0.39, 0.29) is 18.3 Å². The maximum Gasteiger partial charge on any atom is 0.412 e. The van der Waals surface area contributed by atoms with Crippen LogP contribution >= 0.6 is 11.6 Å². The number of nitrogens with zero attached hydrogens (tertiary/aromatic N) is 1. The predicted molar refractivity (Wildman–Crippen MR) is 151 cm³/mol. The average Bonchev–Trinajstić information content (AvgIpc) is 3.31. The summed E-state index contributed by atoms with van der Waals surface area (Å²) in [7, 11) is 1.34. The summed E-state index contributed by atoms with van der Waals surface area (Å²) in [6.45, 7) is 3.42. The summed E-state index contributed by atoms with van der Waals surface area (Å²) < 4.78 is 15.7. The summed E-state index contributed by atoms with van der Waals surface area (Å²) in [6.07, 6.45) is -0.637. The molecule has 0 radical (unpaired) electrons. The number of rotatable bonds is 9.